The highest BCUT2D eigenvalue weighted by atomic mass is 16.5. The number of benzene rings is 1. The van der Waals surface area contributed by atoms with Crippen LogP contribution in [0.3, 0.4) is 0 Å². The second kappa shape index (κ2) is 6.08. The van der Waals surface area contributed by atoms with Crippen molar-refractivity contribution in [3.63, 3.8) is 0 Å². The quantitative estimate of drug-likeness (QED) is 0.603. The van der Waals surface area contributed by atoms with Crippen LogP contribution in [0.15, 0.2) is 30.3 Å². The third-order valence-electron chi connectivity index (χ3n) is 7.40. The summed E-state index contributed by atoms with van der Waals surface area (Å²) in [7, 11) is 0. The summed E-state index contributed by atoms with van der Waals surface area (Å²) in [5.41, 5.74) is 0.748. The summed E-state index contributed by atoms with van der Waals surface area (Å²) in [6.07, 6.45) is 2.95. The average Bonchev–Trinajstić information content (AvgIpc) is 3.11. The topological polar surface area (TPSA) is 66.9 Å². The van der Waals surface area contributed by atoms with Gasteiger partial charge < -0.3 is 4.74 Å². The number of nitrogens with zero attached hydrogens (tertiary/aromatic N) is 2. The maximum atomic E-state index is 12.6. The molecule has 2 bridgehead atoms. The molecule has 0 spiro atoms. The number of urea groups is 1. The lowest BCUT2D eigenvalue weighted by Gasteiger charge is -2.38. The van der Waals surface area contributed by atoms with Gasteiger partial charge in [-0.15, -0.1) is 0 Å². The first-order valence-corrected chi connectivity index (χ1v) is 9.60. The maximum absolute atomic E-state index is 12.6. The van der Waals surface area contributed by atoms with Gasteiger partial charge in [-0.25, -0.2) is 4.79 Å². The molecular formula is C21H26N2O4. The highest BCUT2D eigenvalue weighted by Gasteiger charge is 2.63. The molecule has 3 fully saturated rings. The van der Waals surface area contributed by atoms with Gasteiger partial charge in [0, 0.05) is 11.1 Å². The SMILES string of the molecule is CC1(C)[C@H]2CC[C@@]1(C)[C@@H](OC(=O)CN1C(=O)CN(c3ccccc3)C1=O)C2. The Hall–Kier alpha value is -2.37. The zero-order valence-electron chi connectivity index (χ0n) is 16.1. The van der Waals surface area contributed by atoms with E-state index in [0.29, 0.717) is 11.6 Å². The van der Waals surface area contributed by atoms with Crippen molar-refractivity contribution < 1.29 is 19.1 Å². The first-order chi connectivity index (χ1) is 12.7. The average molecular weight is 370 g/mol. The molecular weight excluding hydrogens is 344 g/mol. The summed E-state index contributed by atoms with van der Waals surface area (Å²) in [5.74, 6) is -0.314. The van der Waals surface area contributed by atoms with Gasteiger partial charge in [0.2, 0.25) is 0 Å². The number of carbonyl (C=O) groups excluding carboxylic acids is 3. The predicted molar refractivity (Wildman–Crippen MR) is 100 cm³/mol. The van der Waals surface area contributed by atoms with Gasteiger partial charge in [0.1, 0.15) is 19.2 Å². The molecule has 0 N–H and O–H groups in total. The third kappa shape index (κ3) is 2.65. The minimum Gasteiger partial charge on any atom is -0.460 e. The van der Waals surface area contributed by atoms with E-state index in [2.05, 4.69) is 20.8 Å². The zero-order valence-corrected chi connectivity index (χ0v) is 16.1. The molecule has 3 atom stereocenters. The summed E-state index contributed by atoms with van der Waals surface area (Å²) >= 11 is 0. The molecule has 1 saturated heterocycles. The molecule has 3 aliphatic rings. The van der Waals surface area contributed by atoms with Crippen LogP contribution >= 0.6 is 0 Å². The fourth-order valence-corrected chi connectivity index (χ4v) is 5.14. The van der Waals surface area contributed by atoms with Crippen LogP contribution < -0.4 is 4.90 Å². The number of para-hydroxylation sites is 1. The van der Waals surface area contributed by atoms with Crippen LogP contribution in [0.1, 0.15) is 40.0 Å². The van der Waals surface area contributed by atoms with Gasteiger partial charge in [0.05, 0.1) is 0 Å². The number of imide groups is 1. The second-order valence-electron chi connectivity index (χ2n) is 8.77. The maximum Gasteiger partial charge on any atom is 0.332 e. The van der Waals surface area contributed by atoms with E-state index >= 15 is 0 Å². The van der Waals surface area contributed by atoms with Crippen LogP contribution in [0.4, 0.5) is 10.5 Å². The number of esters is 1. The van der Waals surface area contributed by atoms with Gasteiger partial charge in [-0.1, -0.05) is 39.0 Å². The molecule has 0 unspecified atom stereocenters. The first kappa shape index (κ1) is 18.0. The van der Waals surface area contributed by atoms with Crippen LogP contribution in [-0.2, 0) is 14.3 Å². The number of ether oxygens (including phenoxy) is 1. The van der Waals surface area contributed by atoms with Crippen molar-refractivity contribution in [3.8, 4) is 0 Å². The van der Waals surface area contributed by atoms with Crippen LogP contribution in [0.2, 0.25) is 0 Å². The largest absolute Gasteiger partial charge is 0.460 e. The summed E-state index contributed by atoms with van der Waals surface area (Å²) in [5, 5.41) is 0. The van der Waals surface area contributed by atoms with E-state index < -0.39 is 12.0 Å². The van der Waals surface area contributed by atoms with E-state index in [1.165, 1.54) is 11.3 Å². The lowest BCUT2D eigenvalue weighted by molar-refractivity contribution is -0.158. The van der Waals surface area contributed by atoms with E-state index in [1.807, 2.05) is 18.2 Å². The van der Waals surface area contributed by atoms with Crippen molar-refractivity contribution in [1.82, 2.24) is 4.90 Å². The number of hydrogen-bond acceptors (Lipinski definition) is 4. The molecule has 2 saturated carbocycles. The second-order valence-corrected chi connectivity index (χ2v) is 8.77. The van der Waals surface area contributed by atoms with E-state index in [-0.39, 0.29) is 35.9 Å². The van der Waals surface area contributed by atoms with Gasteiger partial charge in [-0.3, -0.25) is 19.4 Å². The minimum atomic E-state index is -0.499. The number of rotatable bonds is 4. The Morgan fingerprint density at radius 1 is 1.19 bits per heavy atom. The Balaban J connectivity index is 1.42. The molecule has 144 valence electrons. The van der Waals surface area contributed by atoms with Gasteiger partial charge in [0.25, 0.3) is 5.91 Å². The normalized spacial score (nSPS) is 31.7. The Kier molecular flexibility index (Phi) is 4.05. The van der Waals surface area contributed by atoms with E-state index in [1.54, 1.807) is 12.1 Å². The van der Waals surface area contributed by atoms with Crippen LogP contribution in [0, 0.1) is 16.7 Å². The standard InChI is InChI=1S/C21H26N2O4/c1-20(2)14-9-10-21(20,3)16(11-14)27-18(25)13-23-17(24)12-22(19(23)26)15-7-5-4-6-8-15/h4-8,14,16H,9-13H2,1-3H3/t14-,16-,21-/m0/s1. The molecule has 1 heterocycles. The van der Waals surface area contributed by atoms with Crippen LogP contribution in [0.5, 0.6) is 0 Å². The van der Waals surface area contributed by atoms with Crippen LogP contribution in [0.25, 0.3) is 0 Å². The van der Waals surface area contributed by atoms with Crippen molar-refractivity contribution in [1.29, 1.82) is 0 Å². The lowest BCUT2D eigenvalue weighted by atomic mass is 9.70. The highest BCUT2D eigenvalue weighted by Crippen LogP contribution is 2.66. The Labute approximate surface area is 159 Å². The van der Waals surface area contributed by atoms with Crippen molar-refractivity contribution >= 4 is 23.6 Å². The van der Waals surface area contributed by atoms with Crippen molar-refractivity contribution in [2.45, 2.75) is 46.1 Å². The molecule has 3 amide bonds. The summed E-state index contributed by atoms with van der Waals surface area (Å²) in [6.45, 7) is 6.33. The number of hydrogen-bond donors (Lipinski definition) is 0. The number of fused-ring (bicyclic) bond motifs is 2. The number of carbonyl (C=O) groups is 3. The fraction of sp³-hybridized carbons (Fsp3) is 0.571. The van der Waals surface area contributed by atoms with E-state index in [9.17, 15) is 14.4 Å². The monoisotopic (exact) mass is 370 g/mol. The summed E-state index contributed by atoms with van der Waals surface area (Å²) in [4.78, 5) is 39.8. The molecule has 0 aromatic heterocycles. The lowest BCUT2D eigenvalue weighted by Crippen LogP contribution is -2.42. The molecule has 6 heteroatoms. The van der Waals surface area contributed by atoms with Crippen molar-refractivity contribution in [2.24, 2.45) is 16.7 Å². The molecule has 1 aromatic rings. The van der Waals surface area contributed by atoms with Gasteiger partial charge in [0.15, 0.2) is 0 Å². The minimum absolute atomic E-state index is 0.0393. The van der Waals surface area contributed by atoms with Crippen LogP contribution in [-0.4, -0.2) is 42.0 Å². The van der Waals surface area contributed by atoms with Crippen molar-refractivity contribution in [2.75, 3.05) is 18.0 Å². The first-order valence-electron chi connectivity index (χ1n) is 9.60. The molecule has 2 aliphatic carbocycles. The van der Waals surface area contributed by atoms with Gasteiger partial charge in [-0.05, 0) is 42.7 Å². The zero-order chi connectivity index (χ0) is 19.4. The Bertz CT molecular complexity index is 791. The Morgan fingerprint density at radius 2 is 1.89 bits per heavy atom. The van der Waals surface area contributed by atoms with Gasteiger partial charge in [-0.2, -0.15) is 0 Å². The highest BCUT2D eigenvalue weighted by molar-refractivity contribution is 6.13. The smallest absolute Gasteiger partial charge is 0.332 e. The van der Waals surface area contributed by atoms with Crippen molar-refractivity contribution in [3.05, 3.63) is 30.3 Å². The summed E-state index contributed by atoms with van der Waals surface area (Å²) < 4.78 is 5.78. The summed E-state index contributed by atoms with van der Waals surface area (Å²) in [6, 6.07) is 8.53. The Morgan fingerprint density at radius 3 is 2.48 bits per heavy atom. The number of anilines is 1. The number of amides is 3. The molecule has 1 aliphatic heterocycles. The molecule has 1 aromatic carbocycles. The molecule has 27 heavy (non-hydrogen) atoms. The predicted octanol–water partition coefficient (Wildman–Crippen LogP) is 3.21. The molecule has 0 radical (unpaired) electrons. The molecule has 4 rings (SSSR count). The third-order valence-corrected chi connectivity index (χ3v) is 7.40. The van der Waals surface area contributed by atoms with E-state index in [0.717, 1.165) is 17.7 Å². The van der Waals surface area contributed by atoms with E-state index in [4.69, 9.17) is 4.74 Å². The molecule has 6 nitrogen and oxygen atoms in total. The van der Waals surface area contributed by atoms with Gasteiger partial charge >= 0.3 is 12.0 Å². The fourth-order valence-electron chi connectivity index (χ4n) is 5.14.